The van der Waals surface area contributed by atoms with Crippen molar-refractivity contribution in [2.24, 2.45) is 4.36 Å². The molecule has 0 aromatic heterocycles. The molecule has 5 nitrogen and oxygen atoms in total. The molecule has 0 aliphatic rings. The Kier molecular flexibility index (Phi) is 6.25. The maximum absolute atomic E-state index is 12.6. The highest BCUT2D eigenvalue weighted by Crippen LogP contribution is 2.28. The van der Waals surface area contributed by atoms with Gasteiger partial charge in [-0.1, -0.05) is 0 Å². The van der Waals surface area contributed by atoms with Crippen molar-refractivity contribution < 1.29 is 31.6 Å². The van der Waals surface area contributed by atoms with E-state index in [1.54, 1.807) is 18.2 Å². The lowest BCUT2D eigenvalue weighted by molar-refractivity contribution is -0.274. The molecule has 0 fully saturated rings. The van der Waals surface area contributed by atoms with E-state index in [0.29, 0.717) is 17.1 Å². The second kappa shape index (κ2) is 8.05. The van der Waals surface area contributed by atoms with Gasteiger partial charge in [0, 0.05) is 22.3 Å². The van der Waals surface area contributed by atoms with Gasteiger partial charge in [0.25, 0.3) is 0 Å². The van der Waals surface area contributed by atoms with Crippen LogP contribution in [-0.4, -0.2) is 24.8 Å². The van der Waals surface area contributed by atoms with Gasteiger partial charge in [0.05, 0.1) is 25.7 Å². The van der Waals surface area contributed by atoms with Crippen LogP contribution in [0.2, 0.25) is 0 Å². The molecule has 142 valence electrons. The molecule has 1 atom stereocenters. The fraction of sp³-hybridized carbons (Fsp3) is 0.250. The number of rotatable bonds is 6. The van der Waals surface area contributed by atoms with Crippen LogP contribution in [0.3, 0.4) is 0 Å². The summed E-state index contributed by atoms with van der Waals surface area (Å²) in [6.45, 7) is -0.0176. The molecular weight excluding hydrogens is 395 g/mol. The summed E-state index contributed by atoms with van der Waals surface area (Å²) in [6, 6.07) is 9.41. The third kappa shape index (κ3) is 5.43. The van der Waals surface area contributed by atoms with Gasteiger partial charge in [-0.25, -0.2) is 8.57 Å². The molecule has 0 aliphatic carbocycles. The van der Waals surface area contributed by atoms with Crippen LogP contribution in [-0.2, 0) is 15.5 Å². The minimum Gasteiger partial charge on any atom is -0.497 e. The normalized spacial score (nSPS) is 13.6. The highest BCUT2D eigenvalue weighted by molar-refractivity contribution is 8.15. The SMILES string of the molecule is COc1ccc(CN=S(=O)(Cl)c2ccc(OC(F)(F)F)cc2)c(OC)c1. The number of methoxy groups -OCH3 is 2. The van der Waals surface area contributed by atoms with Gasteiger partial charge < -0.3 is 14.2 Å². The minimum atomic E-state index is -4.81. The largest absolute Gasteiger partial charge is 0.573 e. The number of hydrogen-bond acceptors (Lipinski definition) is 5. The van der Waals surface area contributed by atoms with Crippen LogP contribution in [0.4, 0.5) is 13.2 Å². The van der Waals surface area contributed by atoms with Crippen molar-refractivity contribution in [2.45, 2.75) is 17.8 Å². The van der Waals surface area contributed by atoms with Crippen molar-refractivity contribution in [1.82, 2.24) is 0 Å². The first kappa shape index (κ1) is 20.2. The first-order valence-corrected chi connectivity index (χ1v) is 9.48. The smallest absolute Gasteiger partial charge is 0.497 e. The van der Waals surface area contributed by atoms with Gasteiger partial charge in [-0.3, -0.25) is 0 Å². The highest BCUT2D eigenvalue weighted by atomic mass is 35.7. The van der Waals surface area contributed by atoms with Crippen LogP contribution in [0.25, 0.3) is 0 Å². The zero-order chi connectivity index (χ0) is 19.4. The molecule has 0 saturated heterocycles. The van der Waals surface area contributed by atoms with Crippen LogP contribution in [0, 0.1) is 0 Å². The second-order valence-corrected chi connectivity index (χ2v) is 7.84. The Morgan fingerprint density at radius 2 is 1.65 bits per heavy atom. The molecule has 10 heteroatoms. The molecule has 2 aromatic carbocycles. The average Bonchev–Trinajstić information content (AvgIpc) is 2.59. The molecule has 0 N–H and O–H groups in total. The van der Waals surface area contributed by atoms with Crippen molar-refractivity contribution in [2.75, 3.05) is 14.2 Å². The number of ether oxygens (including phenoxy) is 3. The summed E-state index contributed by atoms with van der Waals surface area (Å²) < 4.78 is 67.1. The van der Waals surface area contributed by atoms with Gasteiger partial charge in [-0.15, -0.1) is 13.2 Å². The van der Waals surface area contributed by atoms with Crippen molar-refractivity contribution >= 4 is 19.6 Å². The van der Waals surface area contributed by atoms with Crippen molar-refractivity contribution in [3.8, 4) is 17.2 Å². The molecule has 2 aromatic rings. The standard InChI is InChI=1S/C16H15ClF3NO4S/c1-23-13-4-3-11(15(9-13)24-2)10-21-26(17,22)14-7-5-12(6-8-14)25-16(18,19)20/h3-9H,10H2,1-2H3. The van der Waals surface area contributed by atoms with Crippen LogP contribution in [0.15, 0.2) is 51.7 Å². The minimum absolute atomic E-state index is 0.0176. The van der Waals surface area contributed by atoms with Gasteiger partial charge >= 0.3 is 6.36 Å². The first-order chi connectivity index (χ1) is 12.1. The van der Waals surface area contributed by atoms with Gasteiger partial charge in [0.2, 0.25) is 0 Å². The Balaban J connectivity index is 2.23. The molecule has 0 aliphatic heterocycles. The zero-order valence-corrected chi connectivity index (χ0v) is 15.3. The van der Waals surface area contributed by atoms with Gasteiger partial charge in [-0.05, 0) is 36.4 Å². The molecule has 0 radical (unpaired) electrons. The third-order valence-electron chi connectivity index (χ3n) is 3.24. The Hall–Kier alpha value is -2.13. The van der Waals surface area contributed by atoms with E-state index >= 15 is 0 Å². The molecule has 26 heavy (non-hydrogen) atoms. The van der Waals surface area contributed by atoms with Gasteiger partial charge in [0.1, 0.15) is 17.2 Å². The van der Waals surface area contributed by atoms with E-state index in [9.17, 15) is 17.4 Å². The number of alkyl halides is 3. The van der Waals surface area contributed by atoms with E-state index < -0.39 is 21.1 Å². The molecular formula is C16H15ClF3NO4S. The monoisotopic (exact) mass is 409 g/mol. The Labute approximate surface area is 153 Å². The predicted molar refractivity (Wildman–Crippen MR) is 91.1 cm³/mol. The number of nitrogens with zero attached hydrogens (tertiary/aromatic N) is 1. The summed E-state index contributed by atoms with van der Waals surface area (Å²) in [5, 5.41) is 0. The summed E-state index contributed by atoms with van der Waals surface area (Å²) in [6.07, 6.45) is -4.81. The van der Waals surface area contributed by atoms with Gasteiger partial charge in [0.15, 0.2) is 8.94 Å². The van der Waals surface area contributed by atoms with Crippen LogP contribution in [0.1, 0.15) is 5.56 Å². The Bertz CT molecular complexity index is 878. The summed E-state index contributed by atoms with van der Waals surface area (Å²) in [5.41, 5.74) is 0.624. The summed E-state index contributed by atoms with van der Waals surface area (Å²) in [5.74, 6) is 0.622. The van der Waals surface area contributed by atoms with Gasteiger partial charge in [-0.2, -0.15) is 0 Å². The Morgan fingerprint density at radius 3 is 2.19 bits per heavy atom. The number of halogens is 4. The number of hydrogen-bond donors (Lipinski definition) is 0. The lowest BCUT2D eigenvalue weighted by Crippen LogP contribution is -2.17. The molecule has 0 heterocycles. The van der Waals surface area contributed by atoms with E-state index in [4.69, 9.17) is 20.2 Å². The lowest BCUT2D eigenvalue weighted by Gasteiger charge is -2.10. The van der Waals surface area contributed by atoms with Crippen LogP contribution in [0.5, 0.6) is 17.2 Å². The van der Waals surface area contributed by atoms with E-state index in [1.165, 1.54) is 26.4 Å². The fourth-order valence-corrected chi connectivity index (χ4v) is 3.40. The summed E-state index contributed by atoms with van der Waals surface area (Å²) in [7, 11) is 5.63. The Morgan fingerprint density at radius 1 is 1.04 bits per heavy atom. The molecule has 0 bridgehead atoms. The van der Waals surface area contributed by atoms with E-state index in [0.717, 1.165) is 12.1 Å². The zero-order valence-electron chi connectivity index (χ0n) is 13.7. The highest BCUT2D eigenvalue weighted by Gasteiger charge is 2.31. The van der Waals surface area contributed by atoms with Crippen LogP contribution < -0.4 is 14.2 Å². The average molecular weight is 410 g/mol. The van der Waals surface area contributed by atoms with E-state index in [1.807, 2.05) is 0 Å². The first-order valence-electron chi connectivity index (χ1n) is 7.14. The van der Waals surface area contributed by atoms with Crippen LogP contribution >= 0.6 is 10.7 Å². The number of benzene rings is 2. The molecule has 2 rings (SSSR count). The maximum Gasteiger partial charge on any atom is 0.573 e. The van der Waals surface area contributed by atoms with Crippen molar-refractivity contribution in [3.63, 3.8) is 0 Å². The van der Waals surface area contributed by atoms with E-state index in [2.05, 4.69) is 9.10 Å². The maximum atomic E-state index is 12.6. The van der Waals surface area contributed by atoms with Crippen molar-refractivity contribution in [3.05, 3.63) is 48.0 Å². The fourth-order valence-electron chi connectivity index (χ4n) is 2.02. The molecule has 0 saturated carbocycles. The summed E-state index contributed by atoms with van der Waals surface area (Å²) in [4.78, 5) is 0.0705. The second-order valence-electron chi connectivity index (χ2n) is 4.94. The van der Waals surface area contributed by atoms with E-state index in [-0.39, 0.29) is 11.4 Å². The molecule has 1 unspecified atom stereocenters. The topological polar surface area (TPSA) is 57.1 Å². The summed E-state index contributed by atoms with van der Waals surface area (Å²) >= 11 is 0. The predicted octanol–water partition coefficient (Wildman–Crippen LogP) is 4.78. The molecule has 0 spiro atoms. The quantitative estimate of drug-likeness (QED) is 0.644. The third-order valence-corrected chi connectivity index (χ3v) is 5.39. The van der Waals surface area contributed by atoms with Crippen molar-refractivity contribution in [1.29, 1.82) is 0 Å². The lowest BCUT2D eigenvalue weighted by atomic mass is 10.2. The molecule has 0 amide bonds.